The first kappa shape index (κ1) is 19.5. The first-order valence-corrected chi connectivity index (χ1v) is 9.71. The van der Waals surface area contributed by atoms with Crippen molar-refractivity contribution in [1.82, 2.24) is 0 Å². The average Bonchev–Trinajstić information content (AvgIpc) is 2.49. The van der Waals surface area contributed by atoms with E-state index in [9.17, 15) is 17.6 Å². The Bertz CT molecular complexity index is 906. The molecule has 1 atom stereocenters. The lowest BCUT2D eigenvalue weighted by Gasteiger charge is -2.28. The van der Waals surface area contributed by atoms with Gasteiger partial charge in [0.15, 0.2) is 0 Å². The minimum Gasteiger partial charge on any atom is -0.324 e. The maximum absolute atomic E-state index is 13.5. The summed E-state index contributed by atoms with van der Waals surface area (Å²) >= 11 is 11.7. The lowest BCUT2D eigenvalue weighted by atomic mass is 10.2. The van der Waals surface area contributed by atoms with Crippen molar-refractivity contribution in [3.05, 3.63) is 58.3 Å². The van der Waals surface area contributed by atoms with Crippen LogP contribution in [0.25, 0.3) is 0 Å². The topological polar surface area (TPSA) is 66.5 Å². The Morgan fingerprint density at radius 3 is 2.40 bits per heavy atom. The van der Waals surface area contributed by atoms with Crippen LogP contribution < -0.4 is 9.62 Å². The van der Waals surface area contributed by atoms with Crippen molar-refractivity contribution >= 4 is 50.5 Å². The monoisotopic (exact) mass is 404 g/mol. The minimum atomic E-state index is -3.83. The molecule has 0 aliphatic carbocycles. The fraction of sp³-hybridized carbons (Fsp3) is 0.188. The van der Waals surface area contributed by atoms with E-state index in [1.807, 2.05) is 0 Å². The van der Waals surface area contributed by atoms with E-state index in [1.54, 1.807) is 0 Å². The van der Waals surface area contributed by atoms with Gasteiger partial charge in [0, 0.05) is 5.69 Å². The second-order valence-electron chi connectivity index (χ2n) is 5.33. The SMILES string of the molecule is C[C@H](C(=O)Nc1ccc(Cl)c(Cl)c1)N(c1cccc(F)c1)S(C)(=O)=O. The molecule has 0 aliphatic heterocycles. The lowest BCUT2D eigenvalue weighted by molar-refractivity contribution is -0.116. The van der Waals surface area contributed by atoms with Gasteiger partial charge >= 0.3 is 0 Å². The number of halogens is 3. The molecule has 5 nitrogen and oxygen atoms in total. The smallest absolute Gasteiger partial charge is 0.247 e. The fourth-order valence-electron chi connectivity index (χ4n) is 2.24. The van der Waals surface area contributed by atoms with E-state index in [2.05, 4.69) is 5.32 Å². The Morgan fingerprint density at radius 2 is 1.84 bits per heavy atom. The van der Waals surface area contributed by atoms with Crippen LogP contribution in [0.15, 0.2) is 42.5 Å². The van der Waals surface area contributed by atoms with Crippen molar-refractivity contribution in [3.8, 4) is 0 Å². The molecule has 1 amide bonds. The third-order valence-corrected chi connectivity index (χ3v) is 5.32. The van der Waals surface area contributed by atoms with Crippen LogP contribution in [0, 0.1) is 5.82 Å². The van der Waals surface area contributed by atoms with Crippen LogP contribution in [-0.2, 0) is 14.8 Å². The van der Waals surface area contributed by atoms with Gasteiger partial charge in [-0.05, 0) is 43.3 Å². The van der Waals surface area contributed by atoms with Gasteiger partial charge in [-0.15, -0.1) is 0 Å². The molecule has 0 spiro atoms. The van der Waals surface area contributed by atoms with Gasteiger partial charge in [0.2, 0.25) is 15.9 Å². The van der Waals surface area contributed by atoms with Gasteiger partial charge in [-0.3, -0.25) is 9.10 Å². The van der Waals surface area contributed by atoms with Gasteiger partial charge < -0.3 is 5.32 Å². The molecule has 0 bridgehead atoms. The van der Waals surface area contributed by atoms with Crippen molar-refractivity contribution in [2.24, 2.45) is 0 Å². The Labute approximate surface area is 155 Å². The Hall–Kier alpha value is -1.83. The van der Waals surface area contributed by atoms with Gasteiger partial charge in [-0.2, -0.15) is 0 Å². The molecule has 0 radical (unpaired) electrons. The van der Waals surface area contributed by atoms with Crippen LogP contribution >= 0.6 is 23.2 Å². The van der Waals surface area contributed by atoms with E-state index in [4.69, 9.17) is 23.2 Å². The number of nitrogens with zero attached hydrogens (tertiary/aromatic N) is 1. The highest BCUT2D eigenvalue weighted by Crippen LogP contribution is 2.26. The maximum Gasteiger partial charge on any atom is 0.247 e. The van der Waals surface area contributed by atoms with Crippen LogP contribution in [0.2, 0.25) is 10.0 Å². The highest BCUT2D eigenvalue weighted by molar-refractivity contribution is 7.92. The Morgan fingerprint density at radius 1 is 1.16 bits per heavy atom. The average molecular weight is 405 g/mol. The molecular weight excluding hydrogens is 390 g/mol. The molecule has 1 N–H and O–H groups in total. The summed E-state index contributed by atoms with van der Waals surface area (Å²) in [6, 6.07) is 8.37. The third kappa shape index (κ3) is 4.84. The summed E-state index contributed by atoms with van der Waals surface area (Å²) in [6.07, 6.45) is 0.945. The van der Waals surface area contributed by atoms with Crippen molar-refractivity contribution in [1.29, 1.82) is 0 Å². The molecule has 0 aromatic heterocycles. The molecule has 0 unspecified atom stereocenters. The van der Waals surface area contributed by atoms with Crippen molar-refractivity contribution < 1.29 is 17.6 Å². The molecule has 2 rings (SSSR count). The van der Waals surface area contributed by atoms with Crippen molar-refractivity contribution in [2.75, 3.05) is 15.9 Å². The standard InChI is InChI=1S/C16H15Cl2FN2O3S/c1-10(16(22)20-12-6-7-14(17)15(18)9-12)21(25(2,23)24)13-5-3-4-11(19)8-13/h3-10H,1-2H3,(H,20,22)/t10-/m1/s1. The summed E-state index contributed by atoms with van der Waals surface area (Å²) in [5.74, 6) is -1.21. The first-order valence-electron chi connectivity index (χ1n) is 7.10. The van der Waals surface area contributed by atoms with E-state index in [1.165, 1.54) is 43.3 Å². The summed E-state index contributed by atoms with van der Waals surface area (Å²) in [4.78, 5) is 12.5. The van der Waals surface area contributed by atoms with Gasteiger partial charge in [-0.1, -0.05) is 29.3 Å². The number of carbonyl (C=O) groups is 1. The van der Waals surface area contributed by atoms with Gasteiger partial charge in [0.05, 0.1) is 22.0 Å². The summed E-state index contributed by atoms with van der Waals surface area (Å²) < 4.78 is 38.6. The molecule has 0 fully saturated rings. The number of benzene rings is 2. The van der Waals surface area contributed by atoms with E-state index < -0.39 is 27.8 Å². The van der Waals surface area contributed by atoms with Gasteiger partial charge in [-0.25, -0.2) is 12.8 Å². The quantitative estimate of drug-likeness (QED) is 0.820. The zero-order valence-corrected chi connectivity index (χ0v) is 15.7. The molecule has 0 aliphatic rings. The number of nitrogens with one attached hydrogen (secondary N) is 1. The summed E-state index contributed by atoms with van der Waals surface area (Å²) in [7, 11) is -3.83. The maximum atomic E-state index is 13.5. The first-order chi connectivity index (χ1) is 11.6. The molecule has 134 valence electrons. The molecule has 0 saturated heterocycles. The Balaban J connectivity index is 2.31. The second kappa shape index (κ2) is 7.59. The second-order valence-corrected chi connectivity index (χ2v) is 8.01. The molecule has 2 aromatic rings. The molecular formula is C16H15Cl2FN2O3S. The predicted molar refractivity (Wildman–Crippen MR) is 98.3 cm³/mol. The minimum absolute atomic E-state index is 0.0549. The highest BCUT2D eigenvalue weighted by Gasteiger charge is 2.29. The van der Waals surface area contributed by atoms with Crippen LogP contribution in [0.4, 0.5) is 15.8 Å². The van der Waals surface area contributed by atoms with Crippen LogP contribution in [0.3, 0.4) is 0 Å². The van der Waals surface area contributed by atoms with E-state index in [-0.39, 0.29) is 10.7 Å². The third-order valence-electron chi connectivity index (χ3n) is 3.34. The molecule has 0 saturated carbocycles. The van der Waals surface area contributed by atoms with Crippen LogP contribution in [0.5, 0.6) is 0 Å². The lowest BCUT2D eigenvalue weighted by Crippen LogP contribution is -2.45. The molecule has 9 heteroatoms. The highest BCUT2D eigenvalue weighted by atomic mass is 35.5. The van der Waals surface area contributed by atoms with Crippen molar-refractivity contribution in [3.63, 3.8) is 0 Å². The number of rotatable bonds is 5. The number of sulfonamides is 1. The predicted octanol–water partition coefficient (Wildman–Crippen LogP) is 3.93. The van der Waals surface area contributed by atoms with Crippen LogP contribution in [0.1, 0.15) is 6.92 Å². The zero-order valence-electron chi connectivity index (χ0n) is 13.3. The number of hydrogen-bond donors (Lipinski definition) is 1. The molecule has 2 aromatic carbocycles. The van der Waals surface area contributed by atoms with E-state index >= 15 is 0 Å². The molecule has 25 heavy (non-hydrogen) atoms. The summed E-state index contributed by atoms with van der Waals surface area (Å²) in [5, 5.41) is 3.14. The summed E-state index contributed by atoms with van der Waals surface area (Å²) in [6.45, 7) is 1.40. The van der Waals surface area contributed by atoms with Gasteiger partial charge in [0.1, 0.15) is 11.9 Å². The fourth-order valence-corrected chi connectivity index (χ4v) is 3.71. The number of anilines is 2. The zero-order chi connectivity index (χ0) is 18.8. The largest absolute Gasteiger partial charge is 0.324 e. The molecule has 0 heterocycles. The number of amides is 1. The number of hydrogen-bond acceptors (Lipinski definition) is 3. The van der Waals surface area contributed by atoms with Gasteiger partial charge in [0.25, 0.3) is 0 Å². The van der Waals surface area contributed by atoms with Crippen molar-refractivity contribution in [2.45, 2.75) is 13.0 Å². The van der Waals surface area contributed by atoms with Crippen LogP contribution in [-0.4, -0.2) is 26.6 Å². The normalized spacial score (nSPS) is 12.5. The van der Waals surface area contributed by atoms with E-state index in [0.717, 1.165) is 16.6 Å². The summed E-state index contributed by atoms with van der Waals surface area (Å²) in [5.41, 5.74) is 0.415. The van der Waals surface area contributed by atoms with E-state index in [0.29, 0.717) is 10.7 Å². The Kier molecular flexibility index (Phi) is 5.92. The number of carbonyl (C=O) groups excluding carboxylic acids is 1.